The van der Waals surface area contributed by atoms with E-state index in [1.165, 1.54) is 0 Å². The van der Waals surface area contributed by atoms with Gasteiger partial charge in [-0.15, -0.1) is 0 Å². The summed E-state index contributed by atoms with van der Waals surface area (Å²) < 4.78 is 34.9. The first-order chi connectivity index (χ1) is 6.21. The van der Waals surface area contributed by atoms with Gasteiger partial charge in [0, 0.05) is 12.8 Å². The summed E-state index contributed by atoms with van der Waals surface area (Å²) in [5.41, 5.74) is 0. The molecule has 0 spiro atoms. The van der Waals surface area contributed by atoms with E-state index in [9.17, 15) is 13.2 Å². The molecule has 0 radical (unpaired) electrons. The molecule has 0 saturated carbocycles. The van der Waals surface area contributed by atoms with Crippen molar-refractivity contribution in [2.45, 2.75) is 50.7 Å². The molecule has 0 aromatic heterocycles. The molecule has 0 rings (SSSR count). The molecule has 0 amide bonds. The van der Waals surface area contributed by atoms with Gasteiger partial charge in [0.1, 0.15) is 0 Å². The molecule has 0 aliphatic heterocycles. The number of alkyl halides is 3. The Hall–Kier alpha value is -0.330. The molecule has 3 nitrogen and oxygen atoms in total. The summed E-state index contributed by atoms with van der Waals surface area (Å²) in [4.78, 5) is 0. The van der Waals surface area contributed by atoms with E-state index in [0.717, 1.165) is 0 Å². The van der Waals surface area contributed by atoms with Crippen LogP contribution in [0.1, 0.15) is 38.5 Å². The molecule has 0 aromatic rings. The van der Waals surface area contributed by atoms with Gasteiger partial charge in [-0.2, -0.15) is 13.2 Å². The number of halogens is 3. The fraction of sp³-hybridized carbons (Fsp3) is 1.00. The average molecular weight is 216 g/mol. The molecule has 14 heavy (non-hydrogen) atoms. The van der Waals surface area contributed by atoms with Crippen molar-refractivity contribution in [3.8, 4) is 0 Å². The van der Waals surface area contributed by atoms with Crippen LogP contribution in [0.25, 0.3) is 0 Å². The quantitative estimate of drug-likeness (QED) is 0.466. The van der Waals surface area contributed by atoms with E-state index < -0.39 is 18.6 Å². The smallest absolute Gasteiger partial charge is 0.344 e. The monoisotopic (exact) mass is 216 g/mol. The third-order valence-corrected chi connectivity index (χ3v) is 1.72. The highest BCUT2D eigenvalue weighted by atomic mass is 19.4. The van der Waals surface area contributed by atoms with E-state index >= 15 is 0 Å². The minimum atomic E-state index is -4.12. The Morgan fingerprint density at radius 1 is 0.714 bits per heavy atom. The van der Waals surface area contributed by atoms with Gasteiger partial charge in [0.05, 0.1) is 0 Å². The van der Waals surface area contributed by atoms with Crippen molar-refractivity contribution < 1.29 is 28.5 Å². The Balaban J connectivity index is 3.23. The van der Waals surface area contributed by atoms with Gasteiger partial charge < -0.3 is 15.3 Å². The first-order valence-electron chi connectivity index (χ1n) is 4.44. The SMILES string of the molecule is OC(O)(O)CCCCCCC(F)(F)F. The molecule has 0 fully saturated rings. The van der Waals surface area contributed by atoms with E-state index in [1.54, 1.807) is 0 Å². The lowest BCUT2D eigenvalue weighted by Crippen LogP contribution is -2.26. The topological polar surface area (TPSA) is 60.7 Å². The Morgan fingerprint density at radius 2 is 1.14 bits per heavy atom. The van der Waals surface area contributed by atoms with Crippen molar-refractivity contribution in [3.63, 3.8) is 0 Å². The van der Waals surface area contributed by atoms with Gasteiger partial charge in [0.25, 0.3) is 5.97 Å². The van der Waals surface area contributed by atoms with Gasteiger partial charge in [-0.05, 0) is 12.8 Å². The van der Waals surface area contributed by atoms with Gasteiger partial charge in [0.2, 0.25) is 0 Å². The summed E-state index contributed by atoms with van der Waals surface area (Å²) in [5.74, 6) is -2.69. The maximum atomic E-state index is 11.6. The van der Waals surface area contributed by atoms with Crippen molar-refractivity contribution in [2.75, 3.05) is 0 Å². The number of aliphatic hydroxyl groups is 3. The van der Waals surface area contributed by atoms with Crippen LogP contribution in [0.3, 0.4) is 0 Å². The summed E-state index contributed by atoms with van der Waals surface area (Å²) in [5, 5.41) is 25.3. The summed E-state index contributed by atoms with van der Waals surface area (Å²) >= 11 is 0. The highest BCUT2D eigenvalue weighted by Crippen LogP contribution is 2.23. The number of rotatable bonds is 6. The van der Waals surface area contributed by atoms with Gasteiger partial charge in [-0.3, -0.25) is 0 Å². The molecule has 86 valence electrons. The third kappa shape index (κ3) is 11.7. The van der Waals surface area contributed by atoms with Crippen LogP contribution >= 0.6 is 0 Å². The van der Waals surface area contributed by atoms with Crippen LogP contribution in [-0.2, 0) is 0 Å². The van der Waals surface area contributed by atoms with E-state index in [-0.39, 0.29) is 12.8 Å². The number of unbranched alkanes of at least 4 members (excludes halogenated alkanes) is 3. The summed E-state index contributed by atoms with van der Waals surface area (Å²) in [7, 11) is 0. The van der Waals surface area contributed by atoms with Crippen molar-refractivity contribution in [3.05, 3.63) is 0 Å². The third-order valence-electron chi connectivity index (χ3n) is 1.72. The van der Waals surface area contributed by atoms with Crippen LogP contribution < -0.4 is 0 Å². The molecule has 0 saturated heterocycles. The molecule has 0 bridgehead atoms. The fourth-order valence-electron chi connectivity index (χ4n) is 1.04. The van der Waals surface area contributed by atoms with Crippen molar-refractivity contribution >= 4 is 0 Å². The molecule has 0 aliphatic rings. The summed E-state index contributed by atoms with van der Waals surface area (Å²) in [6.45, 7) is 0. The lowest BCUT2D eigenvalue weighted by atomic mass is 10.1. The summed E-state index contributed by atoms with van der Waals surface area (Å²) in [6.07, 6.45) is -4.02. The van der Waals surface area contributed by atoms with Gasteiger partial charge in [0.15, 0.2) is 0 Å². The number of hydrogen-bond acceptors (Lipinski definition) is 3. The van der Waals surface area contributed by atoms with Crippen molar-refractivity contribution in [2.24, 2.45) is 0 Å². The normalized spacial score (nSPS) is 13.3. The van der Waals surface area contributed by atoms with Crippen LogP contribution in [0.2, 0.25) is 0 Å². The lowest BCUT2D eigenvalue weighted by Gasteiger charge is -2.13. The Morgan fingerprint density at radius 3 is 1.50 bits per heavy atom. The average Bonchev–Trinajstić information content (AvgIpc) is 1.92. The molecule has 0 unspecified atom stereocenters. The van der Waals surface area contributed by atoms with Crippen LogP contribution in [0, 0.1) is 0 Å². The first kappa shape index (κ1) is 13.7. The second-order valence-corrected chi connectivity index (χ2v) is 3.30. The molecule has 0 heterocycles. The van der Waals surface area contributed by atoms with E-state index in [1.807, 2.05) is 0 Å². The van der Waals surface area contributed by atoms with E-state index in [4.69, 9.17) is 15.3 Å². The molecule has 0 aliphatic carbocycles. The maximum Gasteiger partial charge on any atom is 0.389 e. The van der Waals surface area contributed by atoms with E-state index in [0.29, 0.717) is 19.3 Å². The second-order valence-electron chi connectivity index (χ2n) is 3.30. The van der Waals surface area contributed by atoms with Crippen LogP contribution in [-0.4, -0.2) is 27.5 Å². The zero-order chi connectivity index (χ0) is 11.2. The van der Waals surface area contributed by atoms with Crippen LogP contribution in [0.5, 0.6) is 0 Å². The Labute approximate surface area is 80.2 Å². The predicted octanol–water partition coefficient (Wildman–Crippen LogP) is 1.52. The lowest BCUT2D eigenvalue weighted by molar-refractivity contribution is -0.315. The van der Waals surface area contributed by atoms with E-state index in [2.05, 4.69) is 0 Å². The Kier molecular flexibility index (Phi) is 5.40. The predicted molar refractivity (Wildman–Crippen MR) is 43.1 cm³/mol. The highest BCUT2D eigenvalue weighted by molar-refractivity contribution is 4.53. The van der Waals surface area contributed by atoms with Crippen LogP contribution in [0.4, 0.5) is 13.2 Å². The zero-order valence-corrected chi connectivity index (χ0v) is 7.72. The second kappa shape index (κ2) is 5.53. The largest absolute Gasteiger partial charge is 0.389 e. The molecule has 0 atom stereocenters. The van der Waals surface area contributed by atoms with Gasteiger partial charge in [-0.1, -0.05) is 12.8 Å². The number of hydrogen-bond donors (Lipinski definition) is 3. The Bertz CT molecular complexity index is 133. The van der Waals surface area contributed by atoms with Crippen LogP contribution in [0.15, 0.2) is 0 Å². The molecular formula is C8H15F3O3. The van der Waals surface area contributed by atoms with Gasteiger partial charge in [-0.25, -0.2) is 0 Å². The first-order valence-corrected chi connectivity index (χ1v) is 4.44. The molecular weight excluding hydrogens is 201 g/mol. The standard InChI is InChI=1S/C8H15F3O3/c9-7(10,11)5-3-1-2-4-6-8(12,13)14/h12-14H,1-6H2. The fourth-order valence-corrected chi connectivity index (χ4v) is 1.04. The highest BCUT2D eigenvalue weighted by Gasteiger charge is 2.25. The van der Waals surface area contributed by atoms with Crippen molar-refractivity contribution in [1.29, 1.82) is 0 Å². The maximum absolute atomic E-state index is 11.6. The molecule has 3 N–H and O–H groups in total. The van der Waals surface area contributed by atoms with Gasteiger partial charge >= 0.3 is 6.18 Å². The van der Waals surface area contributed by atoms with Crippen molar-refractivity contribution in [1.82, 2.24) is 0 Å². The summed E-state index contributed by atoms with van der Waals surface area (Å²) in [6, 6.07) is 0. The minimum absolute atomic E-state index is 0.0405. The minimum Gasteiger partial charge on any atom is -0.344 e. The zero-order valence-electron chi connectivity index (χ0n) is 7.72. The molecule has 0 aromatic carbocycles. The molecule has 6 heteroatoms.